The molecule has 0 saturated carbocycles. The maximum atomic E-state index is 8.55. The fourth-order valence-corrected chi connectivity index (χ4v) is 2.44. The Morgan fingerprint density at radius 1 is 1.05 bits per heavy atom. The Hall–Kier alpha value is -1.92. The van der Waals surface area contributed by atoms with Crippen molar-refractivity contribution >= 4 is 11.8 Å². The maximum absolute atomic E-state index is 8.55. The standard InChI is InChI=1S/C17H17NOS/c1-14(12-20-13-18)11-15-7-9-17(10-8-15)19-16-5-3-2-4-6-16/h2-10,14H,11-12H2,1H3. The first kappa shape index (κ1) is 14.5. The molecule has 0 N–H and O–H groups in total. The van der Waals surface area contributed by atoms with Crippen LogP contribution in [0.4, 0.5) is 0 Å². The Bertz CT molecular complexity index is 560. The fourth-order valence-electron chi connectivity index (χ4n) is 1.96. The molecule has 0 aliphatic heterocycles. The molecule has 1 unspecified atom stereocenters. The molecule has 0 amide bonds. The van der Waals surface area contributed by atoms with Gasteiger partial charge in [-0.1, -0.05) is 37.3 Å². The molecule has 2 aromatic rings. The van der Waals surface area contributed by atoms with Gasteiger partial charge < -0.3 is 4.74 Å². The summed E-state index contributed by atoms with van der Waals surface area (Å²) in [6.45, 7) is 2.17. The van der Waals surface area contributed by atoms with Crippen LogP contribution in [-0.2, 0) is 6.42 Å². The summed E-state index contributed by atoms with van der Waals surface area (Å²) in [5, 5.41) is 10.7. The molecule has 2 aromatic carbocycles. The first-order valence-corrected chi connectivity index (χ1v) is 7.59. The third-order valence-corrected chi connectivity index (χ3v) is 3.78. The largest absolute Gasteiger partial charge is 0.457 e. The van der Waals surface area contributed by atoms with E-state index in [1.807, 2.05) is 42.5 Å². The average molecular weight is 283 g/mol. The van der Waals surface area contributed by atoms with Gasteiger partial charge in [0.05, 0.1) is 0 Å². The van der Waals surface area contributed by atoms with Crippen LogP contribution in [0.15, 0.2) is 54.6 Å². The lowest BCUT2D eigenvalue weighted by molar-refractivity contribution is 0.482. The van der Waals surface area contributed by atoms with E-state index in [0.29, 0.717) is 5.92 Å². The topological polar surface area (TPSA) is 33.0 Å². The highest BCUT2D eigenvalue weighted by atomic mass is 32.2. The van der Waals surface area contributed by atoms with Crippen LogP contribution in [0.2, 0.25) is 0 Å². The zero-order valence-corrected chi connectivity index (χ0v) is 12.3. The van der Waals surface area contributed by atoms with E-state index >= 15 is 0 Å². The van der Waals surface area contributed by atoms with Gasteiger partial charge in [0.25, 0.3) is 0 Å². The van der Waals surface area contributed by atoms with E-state index < -0.39 is 0 Å². The summed E-state index contributed by atoms with van der Waals surface area (Å²) < 4.78 is 5.76. The van der Waals surface area contributed by atoms with Crippen molar-refractivity contribution in [3.05, 3.63) is 60.2 Å². The highest BCUT2D eigenvalue weighted by Gasteiger charge is 2.04. The van der Waals surface area contributed by atoms with Gasteiger partial charge in [0.1, 0.15) is 16.9 Å². The number of hydrogen-bond acceptors (Lipinski definition) is 3. The van der Waals surface area contributed by atoms with Crippen molar-refractivity contribution in [1.29, 1.82) is 5.26 Å². The molecule has 0 spiro atoms. The van der Waals surface area contributed by atoms with Crippen molar-refractivity contribution in [1.82, 2.24) is 0 Å². The number of ether oxygens (including phenoxy) is 1. The predicted molar refractivity (Wildman–Crippen MR) is 83.9 cm³/mol. The van der Waals surface area contributed by atoms with Crippen molar-refractivity contribution in [2.24, 2.45) is 5.92 Å². The van der Waals surface area contributed by atoms with Crippen molar-refractivity contribution < 1.29 is 4.74 Å². The Morgan fingerprint density at radius 2 is 1.70 bits per heavy atom. The molecular formula is C17H17NOS. The molecule has 1 atom stereocenters. The smallest absolute Gasteiger partial charge is 0.133 e. The minimum Gasteiger partial charge on any atom is -0.457 e. The Kier molecular flexibility index (Phi) is 5.52. The molecule has 0 bridgehead atoms. The monoisotopic (exact) mass is 283 g/mol. The van der Waals surface area contributed by atoms with E-state index in [2.05, 4.69) is 24.5 Å². The van der Waals surface area contributed by atoms with Crippen LogP contribution in [0, 0.1) is 16.6 Å². The number of nitriles is 1. The third kappa shape index (κ3) is 4.64. The lowest BCUT2D eigenvalue weighted by atomic mass is 10.0. The highest BCUT2D eigenvalue weighted by molar-refractivity contribution is 8.03. The van der Waals surface area contributed by atoms with Crippen molar-refractivity contribution in [2.45, 2.75) is 13.3 Å². The number of thioether (sulfide) groups is 1. The summed E-state index contributed by atoms with van der Waals surface area (Å²) in [6.07, 6.45) is 0.986. The van der Waals surface area contributed by atoms with Crippen LogP contribution >= 0.6 is 11.8 Å². The van der Waals surface area contributed by atoms with Crippen LogP contribution in [-0.4, -0.2) is 5.75 Å². The molecule has 0 aliphatic carbocycles. The summed E-state index contributed by atoms with van der Waals surface area (Å²) in [7, 11) is 0. The van der Waals surface area contributed by atoms with Crippen LogP contribution in [0.3, 0.4) is 0 Å². The summed E-state index contributed by atoms with van der Waals surface area (Å²) >= 11 is 1.32. The van der Waals surface area contributed by atoms with Gasteiger partial charge in [0.2, 0.25) is 0 Å². The van der Waals surface area contributed by atoms with E-state index in [4.69, 9.17) is 10.00 Å². The van der Waals surface area contributed by atoms with Crippen LogP contribution < -0.4 is 4.74 Å². The average Bonchev–Trinajstić information content (AvgIpc) is 2.48. The Balaban J connectivity index is 1.91. The normalized spacial score (nSPS) is 11.6. The van der Waals surface area contributed by atoms with Gasteiger partial charge >= 0.3 is 0 Å². The van der Waals surface area contributed by atoms with Crippen LogP contribution in [0.25, 0.3) is 0 Å². The lowest BCUT2D eigenvalue weighted by Gasteiger charge is -2.10. The number of benzene rings is 2. The van der Waals surface area contributed by atoms with E-state index in [0.717, 1.165) is 23.7 Å². The van der Waals surface area contributed by atoms with Crippen LogP contribution in [0.1, 0.15) is 12.5 Å². The number of hydrogen-bond donors (Lipinski definition) is 0. The minimum absolute atomic E-state index is 0.501. The van der Waals surface area contributed by atoms with Gasteiger partial charge in [0, 0.05) is 5.75 Å². The quantitative estimate of drug-likeness (QED) is 0.709. The van der Waals surface area contributed by atoms with Crippen LogP contribution in [0.5, 0.6) is 11.5 Å². The minimum atomic E-state index is 0.501. The molecule has 2 rings (SSSR count). The predicted octanol–water partition coefficient (Wildman–Crippen LogP) is 4.87. The van der Waals surface area contributed by atoms with Gasteiger partial charge in [-0.25, -0.2) is 0 Å². The van der Waals surface area contributed by atoms with E-state index in [-0.39, 0.29) is 0 Å². The molecule has 0 aromatic heterocycles. The molecule has 0 radical (unpaired) electrons. The second-order valence-corrected chi connectivity index (χ2v) is 5.58. The molecule has 0 saturated heterocycles. The highest BCUT2D eigenvalue weighted by Crippen LogP contribution is 2.22. The molecular weight excluding hydrogens is 266 g/mol. The summed E-state index contributed by atoms with van der Waals surface area (Å²) in [4.78, 5) is 0. The summed E-state index contributed by atoms with van der Waals surface area (Å²) in [5.74, 6) is 3.07. The fraction of sp³-hybridized carbons (Fsp3) is 0.235. The van der Waals surface area contributed by atoms with Gasteiger partial charge in [-0.3, -0.25) is 0 Å². The maximum Gasteiger partial charge on any atom is 0.133 e. The van der Waals surface area contributed by atoms with Crippen molar-refractivity contribution in [3.63, 3.8) is 0 Å². The Labute approximate surface area is 124 Å². The van der Waals surface area contributed by atoms with E-state index in [1.165, 1.54) is 17.3 Å². The number of para-hydroxylation sites is 1. The second kappa shape index (κ2) is 7.62. The lowest BCUT2D eigenvalue weighted by Crippen LogP contribution is -2.02. The van der Waals surface area contributed by atoms with Gasteiger partial charge in [-0.15, -0.1) is 0 Å². The van der Waals surface area contributed by atoms with E-state index in [1.54, 1.807) is 0 Å². The number of rotatable bonds is 6. The SMILES string of the molecule is CC(CSC#N)Cc1ccc(Oc2ccccc2)cc1. The third-order valence-electron chi connectivity index (χ3n) is 2.92. The Morgan fingerprint density at radius 3 is 2.35 bits per heavy atom. The molecule has 0 heterocycles. The van der Waals surface area contributed by atoms with Crippen molar-refractivity contribution in [2.75, 3.05) is 5.75 Å². The summed E-state index contributed by atoms with van der Waals surface area (Å²) in [6, 6.07) is 17.9. The molecule has 0 aliphatic rings. The van der Waals surface area contributed by atoms with Gasteiger partial charge in [0.15, 0.2) is 0 Å². The molecule has 3 heteroatoms. The number of nitrogens with zero attached hydrogens (tertiary/aromatic N) is 1. The van der Waals surface area contributed by atoms with Gasteiger partial charge in [-0.2, -0.15) is 5.26 Å². The van der Waals surface area contributed by atoms with E-state index in [9.17, 15) is 0 Å². The zero-order valence-electron chi connectivity index (χ0n) is 11.5. The number of thiocyanates is 1. The molecule has 102 valence electrons. The summed E-state index contributed by atoms with van der Waals surface area (Å²) in [5.41, 5.74) is 1.27. The molecule has 0 fully saturated rings. The van der Waals surface area contributed by atoms with Crippen molar-refractivity contribution in [3.8, 4) is 16.9 Å². The molecule has 20 heavy (non-hydrogen) atoms. The first-order chi connectivity index (χ1) is 9.78. The zero-order chi connectivity index (χ0) is 14.2. The first-order valence-electron chi connectivity index (χ1n) is 6.60. The second-order valence-electron chi connectivity index (χ2n) is 4.77. The molecule has 2 nitrogen and oxygen atoms in total. The van der Waals surface area contributed by atoms with Gasteiger partial charge in [-0.05, 0) is 53.9 Å².